The predicted octanol–water partition coefficient (Wildman–Crippen LogP) is 3.13. The third kappa shape index (κ3) is 8.37. The van der Waals surface area contributed by atoms with Gasteiger partial charge < -0.3 is 19.8 Å². The molecule has 0 aromatic carbocycles. The maximum absolute atomic E-state index is 12.3. The van der Waals surface area contributed by atoms with Gasteiger partial charge in [-0.2, -0.15) is 0 Å². The molecule has 30 heavy (non-hydrogen) atoms. The minimum Gasteiger partial charge on any atom is -0.492 e. The van der Waals surface area contributed by atoms with Crippen LogP contribution in [0.25, 0.3) is 0 Å². The van der Waals surface area contributed by atoms with Crippen molar-refractivity contribution in [2.24, 2.45) is 0 Å². The molecule has 1 aromatic heterocycles. The summed E-state index contributed by atoms with van der Waals surface area (Å²) in [4.78, 5) is 29.0. The molecule has 0 spiro atoms. The van der Waals surface area contributed by atoms with E-state index in [0.717, 1.165) is 18.5 Å². The maximum Gasteiger partial charge on any atom is 0.303 e. The van der Waals surface area contributed by atoms with E-state index in [1.807, 2.05) is 42.2 Å². The van der Waals surface area contributed by atoms with E-state index in [0.29, 0.717) is 44.6 Å². The van der Waals surface area contributed by atoms with Crippen molar-refractivity contribution in [3.8, 4) is 5.75 Å². The summed E-state index contributed by atoms with van der Waals surface area (Å²) < 4.78 is 5.37. The lowest BCUT2D eigenvalue weighted by Gasteiger charge is -2.33. The van der Waals surface area contributed by atoms with E-state index in [1.165, 1.54) is 0 Å². The number of amides is 1. The van der Waals surface area contributed by atoms with Gasteiger partial charge in [0.05, 0.1) is 24.9 Å². The van der Waals surface area contributed by atoms with Gasteiger partial charge in [0, 0.05) is 31.5 Å². The van der Waals surface area contributed by atoms with E-state index in [1.54, 1.807) is 12.3 Å². The van der Waals surface area contributed by atoms with Gasteiger partial charge in [-0.15, -0.1) is 0 Å². The van der Waals surface area contributed by atoms with Crippen molar-refractivity contribution < 1.29 is 24.5 Å². The lowest BCUT2D eigenvalue weighted by Crippen LogP contribution is -2.42. The monoisotopic (exact) mass is 416 g/mol. The number of carbonyl (C=O) groups is 2. The van der Waals surface area contributed by atoms with Crippen LogP contribution in [-0.2, 0) is 16.0 Å². The maximum atomic E-state index is 12.3. The minimum absolute atomic E-state index is 0.0436. The molecule has 0 saturated carbocycles. The topological polar surface area (TPSA) is 100.0 Å². The van der Waals surface area contributed by atoms with Gasteiger partial charge in [0.15, 0.2) is 0 Å². The van der Waals surface area contributed by atoms with Crippen molar-refractivity contribution in [1.29, 1.82) is 0 Å². The number of aliphatic hydroxyl groups is 1. The SMILES string of the molecule is CCOc1ccc(CC(O)/C=C/[C@H]2CCCC(=O)N2C/C=C\CCCC(=O)O)nc1. The van der Waals surface area contributed by atoms with Gasteiger partial charge >= 0.3 is 5.97 Å². The van der Waals surface area contributed by atoms with Crippen molar-refractivity contribution in [3.05, 3.63) is 48.3 Å². The van der Waals surface area contributed by atoms with Crippen LogP contribution in [0.3, 0.4) is 0 Å². The summed E-state index contributed by atoms with van der Waals surface area (Å²) in [7, 11) is 0. The molecular weight excluding hydrogens is 384 g/mol. The fourth-order valence-electron chi connectivity index (χ4n) is 3.38. The molecule has 1 aromatic rings. The van der Waals surface area contributed by atoms with Crippen LogP contribution in [0.2, 0.25) is 0 Å². The number of piperidine rings is 1. The predicted molar refractivity (Wildman–Crippen MR) is 114 cm³/mol. The number of ether oxygens (including phenoxy) is 1. The second kappa shape index (κ2) is 12.8. The Labute approximate surface area is 178 Å². The molecule has 2 atom stereocenters. The number of rotatable bonds is 12. The van der Waals surface area contributed by atoms with Gasteiger partial charge in [-0.25, -0.2) is 0 Å². The van der Waals surface area contributed by atoms with E-state index in [-0.39, 0.29) is 18.4 Å². The van der Waals surface area contributed by atoms with Crippen LogP contribution in [0.5, 0.6) is 5.75 Å². The molecule has 1 saturated heterocycles. The molecule has 164 valence electrons. The molecule has 1 aliphatic rings. The van der Waals surface area contributed by atoms with Crippen LogP contribution in [0, 0.1) is 0 Å². The number of allylic oxidation sites excluding steroid dienone is 1. The summed E-state index contributed by atoms with van der Waals surface area (Å²) in [6.07, 6.45) is 12.5. The number of nitrogens with zero attached hydrogens (tertiary/aromatic N) is 2. The highest BCUT2D eigenvalue weighted by atomic mass is 16.5. The van der Waals surface area contributed by atoms with Crippen molar-refractivity contribution in [1.82, 2.24) is 9.88 Å². The first-order valence-electron chi connectivity index (χ1n) is 10.6. The lowest BCUT2D eigenvalue weighted by molar-refractivity contribution is -0.137. The fraction of sp³-hybridized carbons (Fsp3) is 0.522. The quantitative estimate of drug-likeness (QED) is 0.401. The third-order valence-electron chi connectivity index (χ3n) is 4.92. The van der Waals surface area contributed by atoms with Crippen LogP contribution < -0.4 is 4.74 Å². The van der Waals surface area contributed by atoms with Crippen molar-refractivity contribution in [2.75, 3.05) is 13.2 Å². The molecule has 2 rings (SSSR count). The number of unbranched alkanes of at least 4 members (excludes halogenated alkanes) is 1. The number of carbonyl (C=O) groups excluding carboxylic acids is 1. The average molecular weight is 417 g/mol. The van der Waals surface area contributed by atoms with E-state index in [2.05, 4.69) is 4.98 Å². The van der Waals surface area contributed by atoms with Gasteiger partial charge in [0.1, 0.15) is 5.75 Å². The number of hydrogen-bond donors (Lipinski definition) is 2. The van der Waals surface area contributed by atoms with E-state index < -0.39 is 12.1 Å². The number of hydrogen-bond acceptors (Lipinski definition) is 5. The smallest absolute Gasteiger partial charge is 0.303 e. The van der Waals surface area contributed by atoms with E-state index >= 15 is 0 Å². The summed E-state index contributed by atoms with van der Waals surface area (Å²) >= 11 is 0. The molecule has 7 nitrogen and oxygen atoms in total. The number of aliphatic hydroxyl groups excluding tert-OH is 1. The Morgan fingerprint density at radius 3 is 2.93 bits per heavy atom. The molecule has 1 amide bonds. The number of pyridine rings is 1. The van der Waals surface area contributed by atoms with E-state index in [9.17, 15) is 14.7 Å². The highest BCUT2D eigenvalue weighted by Gasteiger charge is 2.25. The van der Waals surface area contributed by atoms with Gasteiger partial charge in [-0.05, 0) is 44.7 Å². The molecular formula is C23H32N2O5. The van der Waals surface area contributed by atoms with Crippen LogP contribution in [0.4, 0.5) is 0 Å². The number of carboxylic acids is 1. The molecule has 0 bridgehead atoms. The lowest BCUT2D eigenvalue weighted by atomic mass is 10.00. The molecule has 1 unspecified atom stereocenters. The highest BCUT2D eigenvalue weighted by molar-refractivity contribution is 5.77. The summed E-state index contributed by atoms with van der Waals surface area (Å²) in [5.41, 5.74) is 0.775. The summed E-state index contributed by atoms with van der Waals surface area (Å²) in [5.74, 6) is 0.0196. The molecule has 1 fully saturated rings. The zero-order valence-electron chi connectivity index (χ0n) is 17.6. The second-order valence-electron chi connectivity index (χ2n) is 7.34. The third-order valence-corrected chi connectivity index (χ3v) is 4.92. The number of likely N-dealkylation sites (tertiary alicyclic amines) is 1. The highest BCUT2D eigenvalue weighted by Crippen LogP contribution is 2.20. The fourth-order valence-corrected chi connectivity index (χ4v) is 3.38. The van der Waals surface area contributed by atoms with Crippen LogP contribution in [-0.4, -0.2) is 57.3 Å². The van der Waals surface area contributed by atoms with Crippen LogP contribution in [0.1, 0.15) is 51.1 Å². The van der Waals surface area contributed by atoms with Crippen molar-refractivity contribution in [3.63, 3.8) is 0 Å². The Morgan fingerprint density at radius 2 is 2.23 bits per heavy atom. The Kier molecular flexibility index (Phi) is 10.1. The second-order valence-corrected chi connectivity index (χ2v) is 7.34. The van der Waals surface area contributed by atoms with E-state index in [4.69, 9.17) is 9.84 Å². The van der Waals surface area contributed by atoms with Gasteiger partial charge in [-0.1, -0.05) is 24.3 Å². The zero-order chi connectivity index (χ0) is 21.8. The Hall–Kier alpha value is -2.67. The first-order chi connectivity index (χ1) is 14.5. The molecule has 0 aliphatic carbocycles. The van der Waals surface area contributed by atoms with Gasteiger partial charge in [0.2, 0.25) is 5.91 Å². The van der Waals surface area contributed by atoms with Crippen molar-refractivity contribution in [2.45, 2.75) is 64.0 Å². The molecule has 2 heterocycles. The first kappa shape index (κ1) is 23.6. The normalized spacial score (nSPS) is 18.3. The van der Waals surface area contributed by atoms with Crippen LogP contribution in [0.15, 0.2) is 42.6 Å². The Balaban J connectivity index is 1.86. The molecule has 2 N–H and O–H groups in total. The average Bonchev–Trinajstić information content (AvgIpc) is 2.71. The largest absolute Gasteiger partial charge is 0.492 e. The zero-order valence-corrected chi connectivity index (χ0v) is 17.6. The number of aliphatic carboxylic acids is 1. The van der Waals surface area contributed by atoms with Crippen LogP contribution >= 0.6 is 0 Å². The summed E-state index contributed by atoms with van der Waals surface area (Å²) in [6.45, 7) is 3.00. The summed E-state index contributed by atoms with van der Waals surface area (Å²) in [5, 5.41) is 19.0. The number of aromatic nitrogens is 1. The van der Waals surface area contributed by atoms with Crippen molar-refractivity contribution >= 4 is 11.9 Å². The van der Waals surface area contributed by atoms with Gasteiger partial charge in [0.25, 0.3) is 0 Å². The number of carboxylic acid groups (broad SMARTS) is 1. The Morgan fingerprint density at radius 1 is 1.40 bits per heavy atom. The molecule has 0 radical (unpaired) electrons. The molecule has 1 aliphatic heterocycles. The standard InChI is InChI=1S/C23H32N2O5/c1-2-30-21-14-11-18(24-17-21)16-20(26)13-12-19-8-7-9-22(27)25(19)15-6-4-3-5-10-23(28)29/h4,6,11-14,17,19-20,26H,2-3,5,7-10,15-16H2,1H3,(H,28,29)/b6-4-,13-12+/t19-,20?/m1/s1. The minimum atomic E-state index is -0.793. The first-order valence-corrected chi connectivity index (χ1v) is 10.6. The molecule has 7 heteroatoms. The van der Waals surface area contributed by atoms with Gasteiger partial charge in [-0.3, -0.25) is 14.6 Å². The summed E-state index contributed by atoms with van der Waals surface area (Å²) in [6, 6.07) is 3.64. The Bertz CT molecular complexity index is 730.